The van der Waals surface area contributed by atoms with E-state index in [-0.39, 0.29) is 17.6 Å². The monoisotopic (exact) mass is 341 g/mol. The minimum atomic E-state index is -4.71. The van der Waals surface area contributed by atoms with E-state index in [0.717, 1.165) is 9.47 Å². The Hall–Kier alpha value is -2.58. The number of rotatable bonds is 3. The van der Waals surface area contributed by atoms with Gasteiger partial charge in [0.2, 0.25) is 11.7 Å². The largest absolute Gasteiger partial charge is 0.480 e. The molecule has 1 aliphatic rings. The molecule has 3 rings (SSSR count). The lowest BCUT2D eigenvalue weighted by Gasteiger charge is -2.22. The molecule has 1 aromatic carbocycles. The number of hydrogen-bond acceptors (Lipinski definition) is 3. The number of para-hydroxylation sites is 2. The first-order chi connectivity index (χ1) is 11.3. The topological polar surface area (TPSA) is 75.4 Å². The summed E-state index contributed by atoms with van der Waals surface area (Å²) in [6.45, 7) is -0.372. The third-order valence-electron chi connectivity index (χ3n) is 4.06. The number of carboxylic acids is 1. The van der Waals surface area contributed by atoms with Crippen LogP contribution in [0.25, 0.3) is 11.0 Å². The zero-order chi connectivity index (χ0) is 17.5. The van der Waals surface area contributed by atoms with E-state index in [4.69, 9.17) is 5.11 Å². The lowest BCUT2D eigenvalue weighted by atomic mass is 10.2. The van der Waals surface area contributed by atoms with Crippen LogP contribution in [0.15, 0.2) is 24.3 Å². The fourth-order valence-electron chi connectivity index (χ4n) is 3.00. The second-order valence-corrected chi connectivity index (χ2v) is 5.59. The van der Waals surface area contributed by atoms with Gasteiger partial charge in [-0.25, -0.2) is 9.78 Å². The van der Waals surface area contributed by atoms with Crippen LogP contribution in [0.3, 0.4) is 0 Å². The van der Waals surface area contributed by atoms with Gasteiger partial charge in [-0.05, 0) is 25.0 Å². The van der Waals surface area contributed by atoms with Gasteiger partial charge in [0.05, 0.1) is 11.0 Å². The number of nitrogens with zero attached hydrogens (tertiary/aromatic N) is 3. The van der Waals surface area contributed by atoms with Gasteiger partial charge in [-0.3, -0.25) is 4.79 Å². The number of fused-ring (bicyclic) bond motifs is 1. The first kappa shape index (κ1) is 16.3. The fourth-order valence-corrected chi connectivity index (χ4v) is 3.00. The molecule has 1 amide bonds. The molecule has 0 radical (unpaired) electrons. The van der Waals surface area contributed by atoms with E-state index in [0.29, 0.717) is 12.8 Å². The standard InChI is InChI=1S/C15H14F3N3O3/c16-15(17,18)14-19-9-4-1-2-5-10(9)21(14)8-12(22)20-7-3-6-11(20)13(23)24/h1-2,4-5,11H,3,6-8H2,(H,23,24). The second-order valence-electron chi connectivity index (χ2n) is 5.59. The summed E-state index contributed by atoms with van der Waals surface area (Å²) in [6.07, 6.45) is -3.89. The van der Waals surface area contributed by atoms with Crippen molar-refractivity contribution in [2.75, 3.05) is 6.54 Å². The van der Waals surface area contributed by atoms with Crippen molar-refractivity contribution >= 4 is 22.9 Å². The van der Waals surface area contributed by atoms with Crippen molar-refractivity contribution in [3.63, 3.8) is 0 Å². The molecule has 0 aliphatic carbocycles. The summed E-state index contributed by atoms with van der Waals surface area (Å²) in [7, 11) is 0. The van der Waals surface area contributed by atoms with Crippen molar-refractivity contribution in [1.29, 1.82) is 0 Å². The van der Waals surface area contributed by atoms with Crippen LogP contribution in [0.2, 0.25) is 0 Å². The maximum Gasteiger partial charge on any atom is 0.449 e. The molecule has 6 nitrogen and oxygen atoms in total. The number of halogens is 3. The van der Waals surface area contributed by atoms with Gasteiger partial charge in [-0.15, -0.1) is 0 Å². The number of carboxylic acid groups (broad SMARTS) is 1. The third-order valence-corrected chi connectivity index (χ3v) is 4.06. The summed E-state index contributed by atoms with van der Waals surface area (Å²) < 4.78 is 40.5. The van der Waals surface area contributed by atoms with Gasteiger partial charge in [0.1, 0.15) is 12.6 Å². The maximum absolute atomic E-state index is 13.2. The predicted molar refractivity (Wildman–Crippen MR) is 77.1 cm³/mol. The molecule has 9 heteroatoms. The van der Waals surface area contributed by atoms with Crippen LogP contribution in [0.4, 0.5) is 13.2 Å². The molecule has 2 heterocycles. The van der Waals surface area contributed by atoms with Crippen LogP contribution in [0.1, 0.15) is 18.7 Å². The molecule has 1 aromatic heterocycles. The summed E-state index contributed by atoms with van der Waals surface area (Å²) in [5.74, 6) is -2.97. The summed E-state index contributed by atoms with van der Waals surface area (Å²) in [5, 5.41) is 9.12. The second kappa shape index (κ2) is 5.81. The SMILES string of the molecule is O=C(O)C1CCCN1C(=O)Cn1c(C(F)(F)F)nc2ccccc21. The van der Waals surface area contributed by atoms with Crippen LogP contribution in [-0.4, -0.2) is 44.0 Å². The molecule has 1 fully saturated rings. The zero-order valence-corrected chi connectivity index (χ0v) is 12.5. The molecule has 0 saturated carbocycles. The summed E-state index contributed by atoms with van der Waals surface area (Å²) in [6, 6.07) is 5.01. The van der Waals surface area contributed by atoms with Gasteiger partial charge in [0, 0.05) is 6.54 Å². The number of hydrogen-bond donors (Lipinski definition) is 1. The lowest BCUT2D eigenvalue weighted by Crippen LogP contribution is -2.42. The third kappa shape index (κ3) is 2.81. The number of alkyl halides is 3. The first-order valence-corrected chi connectivity index (χ1v) is 7.34. The predicted octanol–water partition coefficient (Wildman–Crippen LogP) is 2.13. The molecule has 1 N–H and O–H groups in total. The average molecular weight is 341 g/mol. The molecule has 0 spiro atoms. The van der Waals surface area contributed by atoms with Gasteiger partial charge in [0.25, 0.3) is 0 Å². The minimum absolute atomic E-state index is 0.133. The highest BCUT2D eigenvalue weighted by molar-refractivity contribution is 5.85. The van der Waals surface area contributed by atoms with Crippen LogP contribution in [0.5, 0.6) is 0 Å². The van der Waals surface area contributed by atoms with E-state index in [1.807, 2.05) is 0 Å². The van der Waals surface area contributed by atoms with E-state index in [2.05, 4.69) is 4.98 Å². The van der Waals surface area contributed by atoms with Crippen molar-refractivity contribution in [3.8, 4) is 0 Å². The van der Waals surface area contributed by atoms with Crippen molar-refractivity contribution in [3.05, 3.63) is 30.1 Å². The van der Waals surface area contributed by atoms with Gasteiger partial charge in [-0.2, -0.15) is 13.2 Å². The number of carbonyl (C=O) groups excluding carboxylic acids is 1. The molecule has 1 atom stereocenters. The number of carbonyl (C=O) groups is 2. The van der Waals surface area contributed by atoms with Gasteiger partial charge >= 0.3 is 12.1 Å². The molecule has 0 bridgehead atoms. The average Bonchev–Trinajstić information content (AvgIpc) is 3.12. The van der Waals surface area contributed by atoms with Crippen molar-refractivity contribution in [2.45, 2.75) is 31.6 Å². The molecule has 1 unspecified atom stereocenters. The normalized spacial score (nSPS) is 18.3. The number of imidazole rings is 1. The number of benzene rings is 1. The fraction of sp³-hybridized carbons (Fsp3) is 0.400. The van der Waals surface area contributed by atoms with E-state index in [1.165, 1.54) is 12.1 Å². The number of likely N-dealkylation sites (tertiary alicyclic amines) is 1. The van der Waals surface area contributed by atoms with E-state index >= 15 is 0 Å². The van der Waals surface area contributed by atoms with Crippen LogP contribution in [0, 0.1) is 0 Å². The van der Waals surface area contributed by atoms with Gasteiger partial charge < -0.3 is 14.6 Å². The Morgan fingerprint density at radius 1 is 1.29 bits per heavy atom. The summed E-state index contributed by atoms with van der Waals surface area (Å²) in [5.41, 5.74) is 0.318. The van der Waals surface area contributed by atoms with Crippen molar-refractivity contribution in [1.82, 2.24) is 14.5 Å². The van der Waals surface area contributed by atoms with Gasteiger partial charge in [-0.1, -0.05) is 12.1 Å². The number of aliphatic carboxylic acids is 1. The molecule has 128 valence electrons. The van der Waals surface area contributed by atoms with Crippen LogP contribution < -0.4 is 0 Å². The minimum Gasteiger partial charge on any atom is -0.480 e. The zero-order valence-electron chi connectivity index (χ0n) is 12.5. The quantitative estimate of drug-likeness (QED) is 0.928. The molecule has 1 aliphatic heterocycles. The Morgan fingerprint density at radius 3 is 2.67 bits per heavy atom. The summed E-state index contributed by atoms with van der Waals surface area (Å²) >= 11 is 0. The van der Waals surface area contributed by atoms with Crippen LogP contribution in [-0.2, 0) is 22.3 Å². The first-order valence-electron chi connectivity index (χ1n) is 7.34. The lowest BCUT2D eigenvalue weighted by molar-refractivity contribution is -0.151. The van der Waals surface area contributed by atoms with Crippen molar-refractivity contribution in [2.24, 2.45) is 0 Å². The van der Waals surface area contributed by atoms with E-state index in [9.17, 15) is 22.8 Å². The maximum atomic E-state index is 13.2. The number of amides is 1. The highest BCUT2D eigenvalue weighted by atomic mass is 19.4. The Morgan fingerprint density at radius 2 is 2.00 bits per heavy atom. The van der Waals surface area contributed by atoms with Crippen LogP contribution >= 0.6 is 0 Å². The van der Waals surface area contributed by atoms with Crippen molar-refractivity contribution < 1.29 is 27.9 Å². The Kier molecular flexibility index (Phi) is 3.94. The highest BCUT2D eigenvalue weighted by Gasteiger charge is 2.39. The molecule has 2 aromatic rings. The summed E-state index contributed by atoms with van der Waals surface area (Å²) in [4.78, 5) is 28.3. The molecular weight excluding hydrogens is 327 g/mol. The Labute approximate surface area is 134 Å². The smallest absolute Gasteiger partial charge is 0.449 e. The van der Waals surface area contributed by atoms with E-state index in [1.54, 1.807) is 12.1 Å². The molecule has 24 heavy (non-hydrogen) atoms. The van der Waals surface area contributed by atoms with Gasteiger partial charge in [0.15, 0.2) is 0 Å². The molecule has 1 saturated heterocycles. The van der Waals surface area contributed by atoms with E-state index < -0.39 is 36.5 Å². The Bertz CT molecular complexity index is 800. The molecular formula is C15H14F3N3O3. The number of aromatic nitrogens is 2. The highest BCUT2D eigenvalue weighted by Crippen LogP contribution is 2.31. The Balaban J connectivity index is 1.97.